The summed E-state index contributed by atoms with van der Waals surface area (Å²) in [5.74, 6) is 0.232. The Morgan fingerprint density at radius 2 is 1.69 bits per heavy atom. The number of likely N-dealkylation sites (N-methyl/N-ethyl adjacent to an activating group) is 1. The second-order valence-corrected chi connectivity index (χ2v) is 7.42. The first-order valence-electron chi connectivity index (χ1n) is 5.90. The van der Waals surface area contributed by atoms with E-state index < -0.39 is 9.84 Å². The van der Waals surface area contributed by atoms with Gasteiger partial charge in [-0.3, -0.25) is 0 Å². The lowest BCUT2D eigenvalue weighted by Gasteiger charge is -2.20. The minimum atomic E-state index is -2.89. The molecule has 0 aliphatic carbocycles. The lowest BCUT2D eigenvalue weighted by molar-refractivity contribution is 0.274. The highest BCUT2D eigenvalue weighted by atomic mass is 32.2. The van der Waals surface area contributed by atoms with Crippen LogP contribution in [0.5, 0.6) is 0 Å². The molecule has 0 aromatic heterocycles. The lowest BCUT2D eigenvalue weighted by atomic mass is 10.3. The van der Waals surface area contributed by atoms with Gasteiger partial charge in [0.15, 0.2) is 9.84 Å². The quantitative estimate of drug-likeness (QED) is 0.646. The topological polar surface area (TPSA) is 49.4 Å². The Kier molecular flexibility index (Phi) is 7.19. The Hall–Kier alpha value is -0.130. The van der Waals surface area contributed by atoms with Gasteiger partial charge < -0.3 is 10.2 Å². The fraction of sp³-hybridized carbons (Fsp3) is 1.00. The maximum absolute atomic E-state index is 11.5. The molecule has 0 saturated heterocycles. The minimum absolute atomic E-state index is 0.232. The number of nitrogens with one attached hydrogen (secondary N) is 1. The van der Waals surface area contributed by atoms with E-state index in [1.807, 2.05) is 0 Å². The second-order valence-electron chi connectivity index (χ2n) is 4.74. The third-order valence-electron chi connectivity index (χ3n) is 2.80. The van der Waals surface area contributed by atoms with Crippen LogP contribution in [0, 0.1) is 0 Å². The van der Waals surface area contributed by atoms with Crippen molar-refractivity contribution in [3.8, 4) is 0 Å². The molecule has 0 rings (SSSR count). The molecular formula is C11H26N2O2S. The molecule has 0 aliphatic rings. The van der Waals surface area contributed by atoms with Crippen LogP contribution >= 0.6 is 0 Å². The molecule has 0 saturated carbocycles. The Morgan fingerprint density at radius 3 is 2.12 bits per heavy atom. The molecule has 0 bridgehead atoms. The van der Waals surface area contributed by atoms with Crippen molar-refractivity contribution in [3.05, 3.63) is 0 Å². The molecule has 0 heterocycles. The first-order chi connectivity index (χ1) is 7.27. The predicted molar refractivity (Wildman–Crippen MR) is 69.6 cm³/mol. The molecule has 0 aliphatic heterocycles. The van der Waals surface area contributed by atoms with Crippen LogP contribution in [0.2, 0.25) is 0 Å². The molecule has 5 heteroatoms. The van der Waals surface area contributed by atoms with E-state index in [0.717, 1.165) is 13.1 Å². The van der Waals surface area contributed by atoms with Gasteiger partial charge in [0.1, 0.15) is 0 Å². The number of hydrogen-bond donors (Lipinski definition) is 1. The van der Waals surface area contributed by atoms with Crippen LogP contribution in [0.4, 0.5) is 0 Å². The summed E-state index contributed by atoms with van der Waals surface area (Å²) in [5.41, 5.74) is 0. The van der Waals surface area contributed by atoms with Gasteiger partial charge in [0, 0.05) is 25.7 Å². The van der Waals surface area contributed by atoms with Crippen molar-refractivity contribution >= 4 is 9.84 Å². The molecule has 0 fully saturated rings. The van der Waals surface area contributed by atoms with E-state index in [1.165, 1.54) is 0 Å². The third-order valence-corrected chi connectivity index (χ3v) is 5.01. The van der Waals surface area contributed by atoms with Crippen molar-refractivity contribution in [3.63, 3.8) is 0 Å². The van der Waals surface area contributed by atoms with E-state index in [9.17, 15) is 8.42 Å². The van der Waals surface area contributed by atoms with Gasteiger partial charge >= 0.3 is 0 Å². The average molecular weight is 250 g/mol. The molecule has 16 heavy (non-hydrogen) atoms. The largest absolute Gasteiger partial charge is 0.314 e. The summed E-state index contributed by atoms with van der Waals surface area (Å²) in [6, 6.07) is 0.529. The maximum Gasteiger partial charge on any atom is 0.153 e. The third kappa shape index (κ3) is 6.45. The van der Waals surface area contributed by atoms with Gasteiger partial charge in [-0.25, -0.2) is 8.42 Å². The van der Waals surface area contributed by atoms with E-state index in [0.29, 0.717) is 12.6 Å². The zero-order valence-electron chi connectivity index (χ0n) is 11.2. The van der Waals surface area contributed by atoms with Gasteiger partial charge in [0.05, 0.1) is 11.0 Å². The van der Waals surface area contributed by atoms with Gasteiger partial charge in [0.2, 0.25) is 0 Å². The van der Waals surface area contributed by atoms with E-state index in [2.05, 4.69) is 31.1 Å². The summed E-state index contributed by atoms with van der Waals surface area (Å²) >= 11 is 0. The predicted octanol–water partition coefficient (Wildman–Crippen LogP) is 0.739. The van der Waals surface area contributed by atoms with Gasteiger partial charge in [-0.2, -0.15) is 0 Å². The molecular weight excluding hydrogens is 224 g/mol. The minimum Gasteiger partial charge on any atom is -0.314 e. The van der Waals surface area contributed by atoms with Crippen LogP contribution in [-0.4, -0.2) is 57.0 Å². The van der Waals surface area contributed by atoms with Crippen molar-refractivity contribution in [1.82, 2.24) is 10.2 Å². The fourth-order valence-electron chi connectivity index (χ4n) is 1.09. The molecule has 0 aromatic carbocycles. The van der Waals surface area contributed by atoms with Gasteiger partial charge in [-0.05, 0) is 34.7 Å². The Morgan fingerprint density at radius 1 is 1.12 bits per heavy atom. The van der Waals surface area contributed by atoms with E-state index >= 15 is 0 Å². The Labute approximate surface area is 100 Å². The van der Waals surface area contributed by atoms with Gasteiger partial charge in [-0.1, -0.05) is 0 Å². The summed E-state index contributed by atoms with van der Waals surface area (Å²) in [6.07, 6.45) is 0. The van der Waals surface area contributed by atoms with Crippen LogP contribution in [0.15, 0.2) is 0 Å². The normalized spacial score (nSPS) is 13.0. The number of nitrogens with zero attached hydrogens (tertiary/aromatic N) is 1. The fourth-order valence-corrected chi connectivity index (χ4v) is 1.99. The van der Waals surface area contributed by atoms with Crippen LogP contribution in [0.25, 0.3) is 0 Å². The highest BCUT2D eigenvalue weighted by Crippen LogP contribution is 1.99. The van der Waals surface area contributed by atoms with Crippen molar-refractivity contribution in [2.75, 3.05) is 32.4 Å². The summed E-state index contributed by atoms with van der Waals surface area (Å²) in [7, 11) is -0.825. The van der Waals surface area contributed by atoms with Crippen LogP contribution in [0.3, 0.4) is 0 Å². The average Bonchev–Trinajstić information content (AvgIpc) is 2.16. The maximum atomic E-state index is 11.5. The van der Waals surface area contributed by atoms with Crippen LogP contribution in [-0.2, 0) is 9.84 Å². The summed E-state index contributed by atoms with van der Waals surface area (Å²) < 4.78 is 23.0. The zero-order chi connectivity index (χ0) is 12.8. The lowest BCUT2D eigenvalue weighted by Crippen LogP contribution is -2.35. The van der Waals surface area contributed by atoms with Crippen molar-refractivity contribution in [1.29, 1.82) is 0 Å². The summed E-state index contributed by atoms with van der Waals surface area (Å²) in [6.45, 7) is 10.1. The SMILES string of the molecule is CC(C)N(C)CCNCCS(=O)(=O)C(C)C. The van der Waals surface area contributed by atoms with Gasteiger partial charge in [0.25, 0.3) is 0 Å². The zero-order valence-corrected chi connectivity index (χ0v) is 12.0. The van der Waals surface area contributed by atoms with Gasteiger partial charge in [-0.15, -0.1) is 0 Å². The molecule has 0 atom stereocenters. The first-order valence-corrected chi connectivity index (χ1v) is 7.61. The van der Waals surface area contributed by atoms with E-state index in [-0.39, 0.29) is 11.0 Å². The molecule has 98 valence electrons. The molecule has 0 amide bonds. The highest BCUT2D eigenvalue weighted by Gasteiger charge is 2.14. The highest BCUT2D eigenvalue weighted by molar-refractivity contribution is 7.92. The van der Waals surface area contributed by atoms with E-state index in [4.69, 9.17) is 0 Å². The molecule has 0 spiro atoms. The summed E-state index contributed by atoms with van der Waals surface area (Å²) in [4.78, 5) is 2.23. The number of hydrogen-bond acceptors (Lipinski definition) is 4. The molecule has 4 nitrogen and oxygen atoms in total. The Balaban J connectivity index is 3.63. The van der Waals surface area contributed by atoms with E-state index in [1.54, 1.807) is 13.8 Å². The van der Waals surface area contributed by atoms with Crippen molar-refractivity contribution in [2.45, 2.75) is 39.0 Å². The first kappa shape index (κ1) is 15.9. The second kappa shape index (κ2) is 7.25. The molecule has 0 unspecified atom stereocenters. The Bertz CT molecular complexity index is 274. The standard InChI is InChI=1S/C11H26N2O2S/c1-10(2)13(5)8-6-12-7-9-16(14,15)11(3)4/h10-12H,6-9H2,1-5H3. The van der Waals surface area contributed by atoms with Crippen molar-refractivity contribution in [2.24, 2.45) is 0 Å². The molecule has 1 N–H and O–H groups in total. The van der Waals surface area contributed by atoms with Crippen molar-refractivity contribution < 1.29 is 8.42 Å². The van der Waals surface area contributed by atoms with Crippen LogP contribution in [0.1, 0.15) is 27.7 Å². The number of sulfone groups is 1. The molecule has 0 radical (unpaired) electrons. The summed E-state index contributed by atoms with van der Waals surface area (Å²) in [5, 5.41) is 2.89. The van der Waals surface area contributed by atoms with Crippen LogP contribution < -0.4 is 5.32 Å². The monoisotopic (exact) mass is 250 g/mol. The number of rotatable bonds is 8. The molecule has 0 aromatic rings. The smallest absolute Gasteiger partial charge is 0.153 e.